The molecule has 1 saturated heterocycles. The summed E-state index contributed by atoms with van der Waals surface area (Å²) in [6.07, 6.45) is -4.61. The normalized spacial score (nSPS) is 24.4. The van der Waals surface area contributed by atoms with Crippen molar-refractivity contribution in [3.63, 3.8) is 0 Å². The van der Waals surface area contributed by atoms with Crippen LogP contribution in [0.3, 0.4) is 0 Å². The van der Waals surface area contributed by atoms with Gasteiger partial charge in [-0.1, -0.05) is 0 Å². The predicted molar refractivity (Wildman–Crippen MR) is 42.9 cm³/mol. The Balaban J connectivity index is 3.06. The van der Waals surface area contributed by atoms with Crippen LogP contribution in [0.2, 0.25) is 0 Å². The first-order valence-corrected chi connectivity index (χ1v) is 4.61. The minimum absolute atomic E-state index is 0.218. The number of hydrogen-bond donors (Lipinski definition) is 0. The zero-order valence-electron chi connectivity index (χ0n) is 8.77. The molecule has 0 spiro atoms. The van der Waals surface area contributed by atoms with Gasteiger partial charge in [0.25, 0.3) is 5.85 Å². The van der Waals surface area contributed by atoms with E-state index in [0.29, 0.717) is 6.92 Å². The monoisotopic (exact) mass is 248 g/mol. The summed E-state index contributed by atoms with van der Waals surface area (Å²) >= 11 is 0. The number of halogens is 4. The Morgan fingerprint density at radius 2 is 1.75 bits per heavy atom. The molecule has 0 aromatic carbocycles. The minimum atomic E-state index is -4.61. The van der Waals surface area contributed by atoms with Crippen molar-refractivity contribution in [1.82, 2.24) is 0 Å². The van der Waals surface area contributed by atoms with E-state index in [4.69, 9.17) is 0 Å². The Morgan fingerprint density at radius 3 is 2.12 bits per heavy atom. The molecule has 4 nitrogen and oxygen atoms in total. The molecule has 0 aromatic rings. The van der Waals surface area contributed by atoms with Crippen molar-refractivity contribution in [3.05, 3.63) is 0 Å². The molecule has 0 radical (unpaired) electrons. The maximum Gasteiger partial charge on any atom is 0.445 e. The van der Waals surface area contributed by atoms with Gasteiger partial charge < -0.3 is 14.2 Å². The summed E-state index contributed by atoms with van der Waals surface area (Å²) in [5, 5.41) is 0. The quantitative estimate of drug-likeness (QED) is 0.697. The molecule has 1 aliphatic heterocycles. The second-order valence-electron chi connectivity index (χ2n) is 3.26. The molecule has 0 amide bonds. The van der Waals surface area contributed by atoms with Gasteiger partial charge in [0.05, 0.1) is 13.2 Å². The highest BCUT2D eigenvalue weighted by Crippen LogP contribution is 2.47. The van der Waals surface area contributed by atoms with Gasteiger partial charge in [-0.05, 0) is 11.4 Å². The zero-order valence-corrected chi connectivity index (χ0v) is 8.77. The van der Waals surface area contributed by atoms with Gasteiger partial charge in [0.1, 0.15) is 0 Å². The van der Waals surface area contributed by atoms with E-state index in [1.807, 2.05) is 0 Å². The zero-order chi connectivity index (χ0) is 12.4. The number of alkyl halides is 3. The van der Waals surface area contributed by atoms with Gasteiger partial charge in [-0.15, -0.1) is 4.94 Å². The molecule has 16 heavy (non-hydrogen) atoms. The van der Waals surface area contributed by atoms with Crippen LogP contribution in [0, 0.1) is 0 Å². The number of ether oxygens (including phenoxy) is 3. The third-order valence-corrected chi connectivity index (χ3v) is 2.18. The van der Waals surface area contributed by atoms with E-state index in [2.05, 4.69) is 19.2 Å². The Kier molecular flexibility index (Phi) is 3.78. The Bertz CT molecular complexity index is 240. The fraction of sp³-hybridized carbons (Fsp3) is 1.00. The molecule has 0 aliphatic carbocycles. The molecule has 0 N–H and O–H groups in total. The van der Waals surface area contributed by atoms with Crippen molar-refractivity contribution in [1.29, 1.82) is 0 Å². The lowest BCUT2D eigenvalue weighted by molar-refractivity contribution is -0.496. The average molecular weight is 248 g/mol. The summed E-state index contributed by atoms with van der Waals surface area (Å²) < 4.78 is 65.5. The second-order valence-corrected chi connectivity index (χ2v) is 3.26. The SMILES string of the molecule is CCOC(C)(F)C1(C(F)(F)OF)OCCO1. The van der Waals surface area contributed by atoms with Crippen molar-refractivity contribution in [2.24, 2.45) is 0 Å². The van der Waals surface area contributed by atoms with Crippen LogP contribution in [0.25, 0.3) is 0 Å². The highest BCUT2D eigenvalue weighted by atomic mass is 19.4. The topological polar surface area (TPSA) is 36.9 Å². The van der Waals surface area contributed by atoms with Gasteiger partial charge in [-0.2, -0.15) is 8.78 Å². The predicted octanol–water partition coefficient (Wildman–Crippen LogP) is 1.95. The molecule has 1 unspecified atom stereocenters. The largest absolute Gasteiger partial charge is 0.445 e. The third-order valence-electron chi connectivity index (χ3n) is 2.18. The molecule has 0 bridgehead atoms. The molecule has 1 atom stereocenters. The molecule has 8 heteroatoms. The van der Waals surface area contributed by atoms with Crippen molar-refractivity contribution >= 4 is 0 Å². The van der Waals surface area contributed by atoms with Gasteiger partial charge in [0, 0.05) is 13.5 Å². The van der Waals surface area contributed by atoms with Crippen LogP contribution in [0.15, 0.2) is 0 Å². The maximum absolute atomic E-state index is 13.9. The van der Waals surface area contributed by atoms with Gasteiger partial charge in [0.15, 0.2) is 0 Å². The first-order valence-electron chi connectivity index (χ1n) is 4.61. The van der Waals surface area contributed by atoms with E-state index in [1.54, 1.807) is 0 Å². The van der Waals surface area contributed by atoms with Crippen LogP contribution >= 0.6 is 0 Å². The van der Waals surface area contributed by atoms with Crippen LogP contribution < -0.4 is 0 Å². The number of rotatable bonds is 5. The lowest BCUT2D eigenvalue weighted by Gasteiger charge is -2.39. The third kappa shape index (κ3) is 1.90. The van der Waals surface area contributed by atoms with Gasteiger partial charge >= 0.3 is 11.9 Å². The van der Waals surface area contributed by atoms with E-state index in [1.165, 1.54) is 6.92 Å². The van der Waals surface area contributed by atoms with Gasteiger partial charge in [-0.3, -0.25) is 0 Å². The summed E-state index contributed by atoms with van der Waals surface area (Å²) in [7, 11) is 0. The molecule has 0 saturated carbocycles. The standard InChI is InChI=1S/C8H12F4O4/c1-3-13-6(2,9)7(8(10,11)16-12)14-4-5-15-7/h3-5H2,1-2H3. The van der Waals surface area contributed by atoms with E-state index in [9.17, 15) is 17.7 Å². The highest BCUT2D eigenvalue weighted by molar-refractivity contribution is 4.94. The van der Waals surface area contributed by atoms with E-state index >= 15 is 0 Å². The minimum Gasteiger partial charge on any atom is -0.342 e. The molecular formula is C8H12F4O4. The first kappa shape index (κ1) is 13.6. The van der Waals surface area contributed by atoms with Gasteiger partial charge in [-0.25, -0.2) is 4.39 Å². The Labute approximate surface area is 89.3 Å². The van der Waals surface area contributed by atoms with Crippen molar-refractivity contribution < 1.29 is 36.8 Å². The Morgan fingerprint density at radius 1 is 1.25 bits per heavy atom. The van der Waals surface area contributed by atoms with Crippen molar-refractivity contribution in [2.75, 3.05) is 19.8 Å². The van der Waals surface area contributed by atoms with Crippen LogP contribution in [0.1, 0.15) is 13.8 Å². The highest BCUT2D eigenvalue weighted by Gasteiger charge is 2.73. The molecule has 1 aliphatic rings. The Hall–Kier alpha value is -0.440. The molecule has 0 aromatic heterocycles. The lowest BCUT2D eigenvalue weighted by Crippen LogP contribution is -2.63. The van der Waals surface area contributed by atoms with E-state index in [0.717, 1.165) is 0 Å². The second kappa shape index (κ2) is 4.44. The molecule has 1 rings (SSSR count). The summed E-state index contributed by atoms with van der Waals surface area (Å²) in [6, 6.07) is 0. The van der Waals surface area contributed by atoms with Crippen molar-refractivity contribution in [2.45, 2.75) is 31.6 Å². The average Bonchev–Trinajstić information content (AvgIpc) is 2.68. The lowest BCUT2D eigenvalue weighted by atomic mass is 10.1. The first-order chi connectivity index (χ1) is 7.33. The van der Waals surface area contributed by atoms with E-state index < -0.39 is 17.8 Å². The molecular weight excluding hydrogens is 236 g/mol. The van der Waals surface area contributed by atoms with Crippen LogP contribution in [-0.4, -0.2) is 37.6 Å². The fourth-order valence-electron chi connectivity index (χ4n) is 1.52. The summed E-state index contributed by atoms with van der Waals surface area (Å²) in [5.74, 6) is -6.28. The summed E-state index contributed by atoms with van der Waals surface area (Å²) in [5.41, 5.74) is 0. The van der Waals surface area contributed by atoms with Crippen LogP contribution in [0.4, 0.5) is 17.7 Å². The summed E-state index contributed by atoms with van der Waals surface area (Å²) in [6.45, 7) is 1.20. The van der Waals surface area contributed by atoms with Crippen LogP contribution in [0.5, 0.6) is 0 Å². The number of hydrogen-bond acceptors (Lipinski definition) is 4. The maximum atomic E-state index is 13.9. The van der Waals surface area contributed by atoms with Crippen LogP contribution in [-0.2, 0) is 19.2 Å². The van der Waals surface area contributed by atoms with Crippen molar-refractivity contribution in [3.8, 4) is 0 Å². The summed E-state index contributed by atoms with van der Waals surface area (Å²) in [4.78, 5) is 2.45. The fourth-order valence-corrected chi connectivity index (χ4v) is 1.52. The smallest absolute Gasteiger partial charge is 0.342 e. The molecule has 96 valence electrons. The van der Waals surface area contributed by atoms with E-state index in [-0.39, 0.29) is 19.8 Å². The molecule has 1 fully saturated rings. The van der Waals surface area contributed by atoms with Gasteiger partial charge in [0.2, 0.25) is 0 Å². The molecule has 1 heterocycles.